The third-order valence-corrected chi connectivity index (χ3v) is 3.81. The summed E-state index contributed by atoms with van der Waals surface area (Å²) in [5.74, 6) is 0.261. The maximum atomic E-state index is 9.96. The lowest BCUT2D eigenvalue weighted by molar-refractivity contribution is 0.476. The number of fused-ring (bicyclic) bond motifs is 1. The second kappa shape index (κ2) is 6.35. The molecule has 3 aromatic carbocycles. The van der Waals surface area contributed by atoms with E-state index in [4.69, 9.17) is 0 Å². The Morgan fingerprint density at radius 3 is 2.45 bits per heavy atom. The van der Waals surface area contributed by atoms with Crippen LogP contribution in [0.15, 0.2) is 79.4 Å². The monoisotopic (exact) mass is 289 g/mol. The van der Waals surface area contributed by atoms with E-state index in [1.807, 2.05) is 36.4 Å². The Hall–Kier alpha value is -2.74. The van der Waals surface area contributed by atoms with Crippen LogP contribution < -0.4 is 5.32 Å². The van der Waals surface area contributed by atoms with Crippen LogP contribution in [0.5, 0.6) is 5.75 Å². The number of phenols is 1. The van der Waals surface area contributed by atoms with Gasteiger partial charge in [0, 0.05) is 0 Å². The van der Waals surface area contributed by atoms with E-state index in [0.29, 0.717) is 0 Å². The zero-order valence-electron chi connectivity index (χ0n) is 12.4. The molecule has 0 aliphatic carbocycles. The number of hydrogen-bond donors (Lipinski definition) is 2. The smallest absolute Gasteiger partial charge is 0.138 e. The van der Waals surface area contributed by atoms with Crippen LogP contribution in [-0.2, 0) is 0 Å². The van der Waals surface area contributed by atoms with Gasteiger partial charge in [0.2, 0.25) is 0 Å². The van der Waals surface area contributed by atoms with E-state index < -0.39 is 0 Å². The van der Waals surface area contributed by atoms with Crippen molar-refractivity contribution in [2.75, 3.05) is 5.32 Å². The Morgan fingerprint density at radius 2 is 1.68 bits per heavy atom. The first-order valence-corrected chi connectivity index (χ1v) is 7.42. The van der Waals surface area contributed by atoms with Gasteiger partial charge in [-0.1, -0.05) is 54.6 Å². The van der Waals surface area contributed by atoms with Crippen LogP contribution in [0.1, 0.15) is 18.0 Å². The molecule has 0 fully saturated rings. The van der Waals surface area contributed by atoms with Crippen molar-refractivity contribution in [2.45, 2.75) is 12.5 Å². The van der Waals surface area contributed by atoms with Gasteiger partial charge >= 0.3 is 0 Å². The normalized spacial score (nSPS) is 12.0. The number of rotatable bonds is 5. The minimum absolute atomic E-state index is 0.0791. The van der Waals surface area contributed by atoms with Crippen molar-refractivity contribution in [3.8, 4) is 5.75 Å². The standard InChI is InChI=1S/C20H19NO/c1-2-7-18(21-19-10-5-6-11-20(19)22)17-13-12-15-8-3-4-9-16(15)14-17/h2-6,8-14,18,21-22H,1,7H2. The second-order valence-corrected chi connectivity index (χ2v) is 5.35. The molecule has 22 heavy (non-hydrogen) atoms. The highest BCUT2D eigenvalue weighted by molar-refractivity contribution is 5.83. The van der Waals surface area contributed by atoms with Gasteiger partial charge in [0.15, 0.2) is 0 Å². The highest BCUT2D eigenvalue weighted by Crippen LogP contribution is 2.30. The fourth-order valence-electron chi connectivity index (χ4n) is 2.65. The van der Waals surface area contributed by atoms with Crippen LogP contribution in [0, 0.1) is 0 Å². The first-order valence-electron chi connectivity index (χ1n) is 7.42. The Labute approximate surface area is 130 Å². The van der Waals surface area contributed by atoms with E-state index in [1.165, 1.54) is 16.3 Å². The summed E-state index contributed by atoms with van der Waals surface area (Å²) < 4.78 is 0. The molecular formula is C20H19NO. The maximum Gasteiger partial charge on any atom is 0.138 e. The van der Waals surface area contributed by atoms with Crippen LogP contribution in [0.25, 0.3) is 10.8 Å². The van der Waals surface area contributed by atoms with Gasteiger partial charge in [0.25, 0.3) is 0 Å². The van der Waals surface area contributed by atoms with E-state index in [1.54, 1.807) is 6.07 Å². The van der Waals surface area contributed by atoms with Crippen molar-refractivity contribution in [1.29, 1.82) is 0 Å². The lowest BCUT2D eigenvalue weighted by Gasteiger charge is -2.20. The molecular weight excluding hydrogens is 270 g/mol. The van der Waals surface area contributed by atoms with E-state index in [2.05, 4.69) is 42.2 Å². The summed E-state index contributed by atoms with van der Waals surface area (Å²) in [6.45, 7) is 3.85. The maximum absolute atomic E-state index is 9.96. The van der Waals surface area contributed by atoms with Gasteiger partial charge in [-0.25, -0.2) is 0 Å². The van der Waals surface area contributed by atoms with Crippen molar-refractivity contribution in [3.05, 3.63) is 84.9 Å². The van der Waals surface area contributed by atoms with Gasteiger partial charge in [-0.05, 0) is 41.0 Å². The SMILES string of the molecule is C=CCC(Nc1ccccc1O)c1ccc2ccccc2c1. The van der Waals surface area contributed by atoms with Crippen molar-refractivity contribution in [3.63, 3.8) is 0 Å². The van der Waals surface area contributed by atoms with Crippen LogP contribution >= 0.6 is 0 Å². The number of anilines is 1. The predicted octanol–water partition coefficient (Wildman–Crippen LogP) is 5.27. The third kappa shape index (κ3) is 2.96. The quantitative estimate of drug-likeness (QED) is 0.495. The summed E-state index contributed by atoms with van der Waals surface area (Å²) >= 11 is 0. The molecule has 0 amide bonds. The molecule has 1 atom stereocenters. The number of hydrogen-bond acceptors (Lipinski definition) is 2. The molecule has 2 N–H and O–H groups in total. The molecule has 3 rings (SSSR count). The summed E-state index contributed by atoms with van der Waals surface area (Å²) in [6, 6.07) is 22.1. The molecule has 0 aliphatic rings. The van der Waals surface area contributed by atoms with Gasteiger partial charge in [-0.15, -0.1) is 6.58 Å². The molecule has 0 saturated carbocycles. The zero-order valence-corrected chi connectivity index (χ0v) is 12.4. The number of para-hydroxylation sites is 2. The summed E-state index contributed by atoms with van der Waals surface area (Å²) in [4.78, 5) is 0. The number of nitrogens with one attached hydrogen (secondary N) is 1. The van der Waals surface area contributed by atoms with E-state index >= 15 is 0 Å². The average molecular weight is 289 g/mol. The Bertz CT molecular complexity index is 794. The molecule has 2 heteroatoms. The van der Waals surface area contributed by atoms with Crippen LogP contribution in [-0.4, -0.2) is 5.11 Å². The van der Waals surface area contributed by atoms with Crippen molar-refractivity contribution in [1.82, 2.24) is 0 Å². The third-order valence-electron chi connectivity index (χ3n) is 3.81. The number of phenolic OH excluding ortho intramolecular Hbond substituents is 1. The Balaban J connectivity index is 1.95. The topological polar surface area (TPSA) is 32.3 Å². The van der Waals surface area contributed by atoms with Gasteiger partial charge in [0.05, 0.1) is 11.7 Å². The highest BCUT2D eigenvalue weighted by Gasteiger charge is 2.12. The molecule has 1 unspecified atom stereocenters. The molecule has 110 valence electrons. The molecule has 0 aliphatic heterocycles. The van der Waals surface area contributed by atoms with Crippen LogP contribution in [0.4, 0.5) is 5.69 Å². The lowest BCUT2D eigenvalue weighted by atomic mass is 9.99. The molecule has 0 aromatic heterocycles. The Kier molecular flexibility index (Phi) is 4.10. The van der Waals surface area contributed by atoms with Gasteiger partial charge in [0.1, 0.15) is 5.75 Å². The Morgan fingerprint density at radius 1 is 0.955 bits per heavy atom. The van der Waals surface area contributed by atoms with E-state index in [9.17, 15) is 5.11 Å². The zero-order chi connectivity index (χ0) is 15.4. The van der Waals surface area contributed by atoms with E-state index in [-0.39, 0.29) is 11.8 Å². The summed E-state index contributed by atoms with van der Waals surface area (Å²) in [6.07, 6.45) is 2.68. The first kappa shape index (κ1) is 14.2. The molecule has 0 saturated heterocycles. The largest absolute Gasteiger partial charge is 0.506 e. The average Bonchev–Trinajstić information content (AvgIpc) is 2.56. The summed E-state index contributed by atoms with van der Waals surface area (Å²) in [7, 11) is 0. The van der Waals surface area contributed by atoms with E-state index in [0.717, 1.165) is 12.1 Å². The van der Waals surface area contributed by atoms with Crippen LogP contribution in [0.3, 0.4) is 0 Å². The lowest BCUT2D eigenvalue weighted by Crippen LogP contribution is -2.10. The molecule has 0 bridgehead atoms. The van der Waals surface area contributed by atoms with Gasteiger partial charge in [-0.2, -0.15) is 0 Å². The van der Waals surface area contributed by atoms with Crippen LogP contribution in [0.2, 0.25) is 0 Å². The number of aromatic hydroxyl groups is 1. The molecule has 0 heterocycles. The summed E-state index contributed by atoms with van der Waals surface area (Å²) in [5, 5.41) is 15.8. The minimum atomic E-state index is 0.0791. The molecule has 0 spiro atoms. The fourth-order valence-corrected chi connectivity index (χ4v) is 2.65. The van der Waals surface area contributed by atoms with Crippen molar-refractivity contribution >= 4 is 16.5 Å². The first-order chi connectivity index (χ1) is 10.8. The predicted molar refractivity (Wildman–Crippen MR) is 93.2 cm³/mol. The van der Waals surface area contributed by atoms with Gasteiger partial charge in [-0.3, -0.25) is 0 Å². The van der Waals surface area contributed by atoms with Crippen molar-refractivity contribution < 1.29 is 5.11 Å². The highest BCUT2D eigenvalue weighted by atomic mass is 16.3. The summed E-state index contributed by atoms with van der Waals surface area (Å²) in [5.41, 5.74) is 1.92. The minimum Gasteiger partial charge on any atom is -0.506 e. The molecule has 0 radical (unpaired) electrons. The van der Waals surface area contributed by atoms with Gasteiger partial charge < -0.3 is 10.4 Å². The molecule has 2 nitrogen and oxygen atoms in total. The molecule has 3 aromatic rings. The fraction of sp³-hybridized carbons (Fsp3) is 0.100. The number of benzene rings is 3. The van der Waals surface area contributed by atoms with Crippen molar-refractivity contribution in [2.24, 2.45) is 0 Å². The second-order valence-electron chi connectivity index (χ2n) is 5.35.